The summed E-state index contributed by atoms with van der Waals surface area (Å²) >= 11 is 0. The molecule has 0 saturated carbocycles. The summed E-state index contributed by atoms with van der Waals surface area (Å²) in [6, 6.07) is 15.9. The monoisotopic (exact) mass is 357 g/mol. The van der Waals surface area contributed by atoms with Crippen LogP contribution in [-0.2, 0) is 6.18 Å². The van der Waals surface area contributed by atoms with E-state index < -0.39 is 11.7 Å². The van der Waals surface area contributed by atoms with Crippen LogP contribution in [0.15, 0.2) is 60.7 Å². The van der Waals surface area contributed by atoms with E-state index in [-0.39, 0.29) is 11.9 Å². The van der Waals surface area contributed by atoms with E-state index in [1.165, 1.54) is 6.07 Å². The smallest absolute Gasteiger partial charge is 0.350 e. The standard InChI is InChI=1S/C21H18F3NO/c1-13(2)25-20(26)19-12-15-7-4-3-6-14(15)11-18(19)16-8-5-9-17(10-16)21(22,23)24/h3-13H,1-2H3,(H,25,26). The molecule has 0 spiro atoms. The Bertz CT molecular complexity index is 961. The summed E-state index contributed by atoms with van der Waals surface area (Å²) in [5.74, 6) is -0.307. The molecule has 0 unspecified atom stereocenters. The van der Waals surface area contributed by atoms with Crippen molar-refractivity contribution in [1.82, 2.24) is 5.32 Å². The third kappa shape index (κ3) is 3.72. The van der Waals surface area contributed by atoms with Crippen LogP contribution in [0.2, 0.25) is 0 Å². The summed E-state index contributed by atoms with van der Waals surface area (Å²) < 4.78 is 39.3. The molecular formula is C21H18F3NO. The number of carbonyl (C=O) groups excluding carboxylic acids is 1. The highest BCUT2D eigenvalue weighted by Crippen LogP contribution is 2.34. The summed E-state index contributed by atoms with van der Waals surface area (Å²) in [6.07, 6.45) is -4.44. The van der Waals surface area contributed by atoms with Crippen LogP contribution in [0.4, 0.5) is 13.2 Å². The maximum Gasteiger partial charge on any atom is 0.416 e. The van der Waals surface area contributed by atoms with E-state index in [4.69, 9.17) is 0 Å². The van der Waals surface area contributed by atoms with Crippen LogP contribution < -0.4 is 5.32 Å². The molecule has 0 aliphatic carbocycles. The number of halogens is 3. The van der Waals surface area contributed by atoms with E-state index in [0.29, 0.717) is 16.7 Å². The molecule has 1 N–H and O–H groups in total. The van der Waals surface area contributed by atoms with Crippen molar-refractivity contribution in [2.24, 2.45) is 0 Å². The average molecular weight is 357 g/mol. The van der Waals surface area contributed by atoms with E-state index in [1.807, 2.05) is 38.1 Å². The number of hydrogen-bond donors (Lipinski definition) is 1. The van der Waals surface area contributed by atoms with Crippen LogP contribution in [0.25, 0.3) is 21.9 Å². The van der Waals surface area contributed by atoms with Crippen molar-refractivity contribution in [3.63, 3.8) is 0 Å². The quantitative estimate of drug-likeness (QED) is 0.643. The highest BCUT2D eigenvalue weighted by molar-refractivity contribution is 6.05. The fourth-order valence-electron chi connectivity index (χ4n) is 2.87. The molecule has 3 aromatic rings. The van der Waals surface area contributed by atoms with E-state index in [0.717, 1.165) is 22.9 Å². The SMILES string of the molecule is CC(C)NC(=O)c1cc2ccccc2cc1-c1cccc(C(F)(F)F)c1. The van der Waals surface area contributed by atoms with Crippen LogP contribution in [0.3, 0.4) is 0 Å². The van der Waals surface area contributed by atoms with Crippen molar-refractivity contribution in [3.8, 4) is 11.1 Å². The summed E-state index contributed by atoms with van der Waals surface area (Å²) in [5, 5.41) is 4.54. The van der Waals surface area contributed by atoms with E-state index in [2.05, 4.69) is 5.32 Å². The van der Waals surface area contributed by atoms with E-state index >= 15 is 0 Å². The van der Waals surface area contributed by atoms with Gasteiger partial charge >= 0.3 is 6.18 Å². The zero-order chi connectivity index (χ0) is 18.9. The summed E-state index contributed by atoms with van der Waals surface area (Å²) in [7, 11) is 0. The van der Waals surface area contributed by atoms with Crippen LogP contribution in [-0.4, -0.2) is 11.9 Å². The van der Waals surface area contributed by atoms with Crippen molar-refractivity contribution >= 4 is 16.7 Å². The van der Waals surface area contributed by atoms with Gasteiger partial charge in [-0.3, -0.25) is 4.79 Å². The van der Waals surface area contributed by atoms with Gasteiger partial charge in [-0.05, 0) is 60.0 Å². The Hall–Kier alpha value is -2.82. The second-order valence-corrected chi connectivity index (χ2v) is 6.45. The Balaban J connectivity index is 2.22. The fourth-order valence-corrected chi connectivity index (χ4v) is 2.87. The molecule has 0 saturated heterocycles. The molecule has 0 aliphatic heterocycles. The second-order valence-electron chi connectivity index (χ2n) is 6.45. The van der Waals surface area contributed by atoms with Crippen LogP contribution >= 0.6 is 0 Å². The van der Waals surface area contributed by atoms with Crippen LogP contribution in [0.1, 0.15) is 29.8 Å². The zero-order valence-corrected chi connectivity index (χ0v) is 14.4. The maximum atomic E-state index is 13.1. The number of alkyl halides is 3. The number of carbonyl (C=O) groups is 1. The molecule has 0 heterocycles. The van der Waals surface area contributed by atoms with Crippen molar-refractivity contribution in [2.45, 2.75) is 26.1 Å². The molecule has 3 rings (SSSR count). The molecular weight excluding hydrogens is 339 g/mol. The topological polar surface area (TPSA) is 29.1 Å². The lowest BCUT2D eigenvalue weighted by Crippen LogP contribution is -2.30. The van der Waals surface area contributed by atoms with E-state index in [9.17, 15) is 18.0 Å². The molecule has 5 heteroatoms. The summed E-state index contributed by atoms with van der Waals surface area (Å²) in [6.45, 7) is 3.67. The van der Waals surface area contributed by atoms with Crippen molar-refractivity contribution in [1.29, 1.82) is 0 Å². The predicted molar refractivity (Wildman–Crippen MR) is 97.0 cm³/mol. The van der Waals surface area contributed by atoms with Gasteiger partial charge in [0.2, 0.25) is 0 Å². The predicted octanol–water partition coefficient (Wildman–Crippen LogP) is 5.66. The molecule has 1 amide bonds. The van der Waals surface area contributed by atoms with Gasteiger partial charge < -0.3 is 5.32 Å². The Kier molecular flexibility index (Phi) is 4.72. The first-order valence-electron chi connectivity index (χ1n) is 8.27. The first-order valence-corrected chi connectivity index (χ1v) is 8.27. The average Bonchev–Trinajstić information content (AvgIpc) is 2.59. The lowest BCUT2D eigenvalue weighted by molar-refractivity contribution is -0.137. The zero-order valence-electron chi connectivity index (χ0n) is 14.4. The molecule has 0 bridgehead atoms. The lowest BCUT2D eigenvalue weighted by Gasteiger charge is -2.15. The van der Waals surface area contributed by atoms with Crippen molar-refractivity contribution < 1.29 is 18.0 Å². The number of rotatable bonds is 3. The van der Waals surface area contributed by atoms with Gasteiger partial charge in [0.25, 0.3) is 5.91 Å². The molecule has 0 radical (unpaired) electrons. The van der Waals surface area contributed by atoms with Gasteiger partial charge in [0.15, 0.2) is 0 Å². The van der Waals surface area contributed by atoms with Gasteiger partial charge in [0.05, 0.1) is 5.56 Å². The molecule has 134 valence electrons. The second kappa shape index (κ2) is 6.83. The Morgan fingerprint density at radius 3 is 2.19 bits per heavy atom. The van der Waals surface area contributed by atoms with Gasteiger partial charge in [-0.2, -0.15) is 13.2 Å². The minimum absolute atomic E-state index is 0.0803. The minimum Gasteiger partial charge on any atom is -0.350 e. The Morgan fingerprint density at radius 2 is 1.58 bits per heavy atom. The van der Waals surface area contributed by atoms with Crippen LogP contribution in [0.5, 0.6) is 0 Å². The maximum absolute atomic E-state index is 13.1. The minimum atomic E-state index is -4.44. The number of hydrogen-bond acceptors (Lipinski definition) is 1. The first-order chi connectivity index (χ1) is 12.3. The van der Waals surface area contributed by atoms with Gasteiger partial charge in [-0.1, -0.05) is 36.4 Å². The van der Waals surface area contributed by atoms with E-state index in [1.54, 1.807) is 18.2 Å². The first kappa shape index (κ1) is 18.0. The summed E-state index contributed by atoms with van der Waals surface area (Å²) in [5.41, 5.74) is 0.461. The highest BCUT2D eigenvalue weighted by atomic mass is 19.4. The molecule has 0 aliphatic rings. The number of nitrogens with one attached hydrogen (secondary N) is 1. The Labute approximate surface area is 149 Å². The fraction of sp³-hybridized carbons (Fsp3) is 0.190. The van der Waals surface area contributed by atoms with Crippen LogP contribution in [0, 0.1) is 0 Å². The summed E-state index contributed by atoms with van der Waals surface area (Å²) in [4.78, 5) is 12.6. The van der Waals surface area contributed by atoms with Gasteiger partial charge in [-0.15, -0.1) is 0 Å². The normalized spacial score (nSPS) is 11.8. The third-order valence-electron chi connectivity index (χ3n) is 4.05. The van der Waals surface area contributed by atoms with Gasteiger partial charge in [0, 0.05) is 11.6 Å². The number of fused-ring (bicyclic) bond motifs is 1. The highest BCUT2D eigenvalue weighted by Gasteiger charge is 2.30. The molecule has 0 atom stereocenters. The molecule has 26 heavy (non-hydrogen) atoms. The molecule has 2 nitrogen and oxygen atoms in total. The largest absolute Gasteiger partial charge is 0.416 e. The number of benzene rings is 3. The van der Waals surface area contributed by atoms with Crippen molar-refractivity contribution in [3.05, 3.63) is 71.8 Å². The lowest BCUT2D eigenvalue weighted by atomic mass is 9.94. The molecule has 3 aromatic carbocycles. The number of amides is 1. The van der Waals surface area contributed by atoms with Gasteiger partial charge in [0.1, 0.15) is 0 Å². The third-order valence-corrected chi connectivity index (χ3v) is 4.05. The van der Waals surface area contributed by atoms with Gasteiger partial charge in [-0.25, -0.2) is 0 Å². The molecule has 0 fully saturated rings. The molecule has 0 aromatic heterocycles. The van der Waals surface area contributed by atoms with Crippen molar-refractivity contribution in [2.75, 3.05) is 0 Å². The Morgan fingerprint density at radius 1 is 0.923 bits per heavy atom.